The molecule has 0 atom stereocenters. The predicted octanol–water partition coefficient (Wildman–Crippen LogP) is 2.84. The molecule has 4 rings (SSSR count). The number of ether oxygens (including phenoxy) is 2. The molecule has 0 amide bonds. The summed E-state index contributed by atoms with van der Waals surface area (Å²) in [5.41, 5.74) is 1.39. The average molecular weight is 401 g/mol. The summed E-state index contributed by atoms with van der Waals surface area (Å²) in [4.78, 5) is 18.9. The number of hydrogen-bond acceptors (Lipinski definition) is 7. The van der Waals surface area contributed by atoms with Gasteiger partial charge in [0.05, 0.1) is 25.2 Å². The maximum absolute atomic E-state index is 12.6. The number of morpholine rings is 1. The van der Waals surface area contributed by atoms with Crippen LogP contribution in [0.3, 0.4) is 0 Å². The number of aryl methyl sites for hydroxylation is 2. The number of benzene rings is 1. The van der Waals surface area contributed by atoms with E-state index in [-0.39, 0.29) is 5.43 Å². The maximum Gasteiger partial charge on any atom is 0.200 e. The number of thioether (sulfide) groups is 1. The third-order valence-electron chi connectivity index (χ3n) is 4.75. The Hall–Kier alpha value is -2.45. The van der Waals surface area contributed by atoms with E-state index in [4.69, 9.17) is 13.9 Å². The van der Waals surface area contributed by atoms with Crippen LogP contribution in [0.5, 0.6) is 5.75 Å². The smallest absolute Gasteiger partial charge is 0.200 e. The van der Waals surface area contributed by atoms with Gasteiger partial charge in [-0.05, 0) is 19.1 Å². The van der Waals surface area contributed by atoms with Gasteiger partial charge in [0.2, 0.25) is 0 Å². The SMILES string of the molecule is Cc1c(OCCSc2nccn2C)ccc2c(=O)cc(N3CCOCC3)oc12. The van der Waals surface area contributed by atoms with E-state index in [0.29, 0.717) is 49.8 Å². The maximum atomic E-state index is 12.6. The standard InChI is InChI=1S/C20H23N3O4S/c1-14-17(26-11-12-28-20-21-5-6-22(20)2)4-3-15-16(24)13-18(27-19(14)15)23-7-9-25-10-8-23/h3-6,13H,7-12H2,1-2H3. The minimum Gasteiger partial charge on any atom is -0.492 e. The van der Waals surface area contributed by atoms with Crippen molar-refractivity contribution >= 4 is 28.6 Å². The summed E-state index contributed by atoms with van der Waals surface area (Å²) in [5.74, 6) is 2.10. The lowest BCUT2D eigenvalue weighted by Gasteiger charge is -2.27. The Morgan fingerprint density at radius 2 is 2.11 bits per heavy atom. The normalized spacial score (nSPS) is 14.6. The molecule has 0 spiro atoms. The zero-order valence-corrected chi connectivity index (χ0v) is 16.8. The minimum atomic E-state index is -0.0391. The van der Waals surface area contributed by atoms with E-state index in [1.165, 1.54) is 0 Å². The molecule has 148 valence electrons. The molecule has 3 aromatic rings. The van der Waals surface area contributed by atoms with Crippen molar-refractivity contribution in [2.75, 3.05) is 43.6 Å². The van der Waals surface area contributed by atoms with Gasteiger partial charge in [0.25, 0.3) is 0 Å². The van der Waals surface area contributed by atoms with Crippen molar-refractivity contribution < 1.29 is 13.9 Å². The zero-order valence-electron chi connectivity index (χ0n) is 16.0. The first-order chi connectivity index (χ1) is 13.6. The molecule has 0 N–H and O–H groups in total. The van der Waals surface area contributed by atoms with Gasteiger partial charge in [0.15, 0.2) is 16.5 Å². The fourth-order valence-corrected chi connectivity index (χ4v) is 3.94. The van der Waals surface area contributed by atoms with Crippen LogP contribution in [0.25, 0.3) is 11.0 Å². The number of hydrogen-bond donors (Lipinski definition) is 0. The molecular formula is C20H23N3O4S. The van der Waals surface area contributed by atoms with E-state index in [2.05, 4.69) is 4.98 Å². The van der Waals surface area contributed by atoms with Gasteiger partial charge in [-0.1, -0.05) is 11.8 Å². The second-order valence-corrected chi connectivity index (χ2v) is 7.69. The highest BCUT2D eigenvalue weighted by Crippen LogP contribution is 2.29. The molecule has 3 heterocycles. The van der Waals surface area contributed by atoms with Gasteiger partial charge >= 0.3 is 0 Å². The lowest BCUT2D eigenvalue weighted by molar-refractivity contribution is 0.121. The lowest BCUT2D eigenvalue weighted by Crippen LogP contribution is -2.36. The quantitative estimate of drug-likeness (QED) is 0.465. The van der Waals surface area contributed by atoms with Crippen LogP contribution in [0.4, 0.5) is 5.88 Å². The summed E-state index contributed by atoms with van der Waals surface area (Å²) in [6, 6.07) is 5.18. The van der Waals surface area contributed by atoms with Gasteiger partial charge in [-0.2, -0.15) is 0 Å². The molecule has 1 fully saturated rings. The van der Waals surface area contributed by atoms with Gasteiger partial charge in [-0.15, -0.1) is 0 Å². The predicted molar refractivity (Wildman–Crippen MR) is 110 cm³/mol. The second-order valence-electron chi connectivity index (χ2n) is 6.63. The molecule has 0 aliphatic carbocycles. The summed E-state index contributed by atoms with van der Waals surface area (Å²) in [5, 5.41) is 1.53. The Balaban J connectivity index is 1.51. The van der Waals surface area contributed by atoms with Crippen molar-refractivity contribution in [3.8, 4) is 5.75 Å². The lowest BCUT2D eigenvalue weighted by atomic mass is 10.1. The topological polar surface area (TPSA) is 69.7 Å². The summed E-state index contributed by atoms with van der Waals surface area (Å²) in [6.07, 6.45) is 3.70. The molecule has 7 nitrogen and oxygen atoms in total. The molecule has 0 radical (unpaired) electrons. The van der Waals surface area contributed by atoms with Gasteiger partial charge in [-0.3, -0.25) is 4.79 Å². The molecule has 1 saturated heterocycles. The summed E-state index contributed by atoms with van der Waals surface area (Å²) < 4.78 is 19.4. The first-order valence-electron chi connectivity index (χ1n) is 9.26. The Morgan fingerprint density at radius 3 is 2.86 bits per heavy atom. The first-order valence-corrected chi connectivity index (χ1v) is 10.2. The zero-order chi connectivity index (χ0) is 19.5. The van der Waals surface area contributed by atoms with Gasteiger partial charge < -0.3 is 23.4 Å². The highest BCUT2D eigenvalue weighted by molar-refractivity contribution is 7.99. The van der Waals surface area contributed by atoms with Crippen molar-refractivity contribution in [3.05, 3.63) is 46.4 Å². The van der Waals surface area contributed by atoms with E-state index in [9.17, 15) is 4.79 Å². The van der Waals surface area contributed by atoms with E-state index in [0.717, 1.165) is 22.2 Å². The molecule has 8 heteroatoms. The number of anilines is 1. The van der Waals surface area contributed by atoms with Crippen LogP contribution in [-0.2, 0) is 11.8 Å². The molecule has 2 aromatic heterocycles. The van der Waals surface area contributed by atoms with Crippen LogP contribution < -0.4 is 15.1 Å². The molecule has 0 bridgehead atoms. The minimum absolute atomic E-state index is 0.0391. The van der Waals surface area contributed by atoms with E-state index in [1.54, 1.807) is 30.1 Å². The van der Waals surface area contributed by atoms with Crippen LogP contribution in [0.15, 0.2) is 45.0 Å². The molecule has 1 aromatic carbocycles. The largest absolute Gasteiger partial charge is 0.492 e. The molecule has 1 aliphatic heterocycles. The Bertz CT molecular complexity index is 1020. The summed E-state index contributed by atoms with van der Waals surface area (Å²) in [7, 11) is 1.97. The van der Waals surface area contributed by atoms with E-state index in [1.807, 2.05) is 35.7 Å². The van der Waals surface area contributed by atoms with Gasteiger partial charge in [0, 0.05) is 49.9 Å². The third-order valence-corrected chi connectivity index (χ3v) is 5.78. The number of aromatic nitrogens is 2. The number of fused-ring (bicyclic) bond motifs is 1. The molecule has 1 aliphatic rings. The Labute approximate surface area is 167 Å². The number of nitrogens with zero attached hydrogens (tertiary/aromatic N) is 3. The van der Waals surface area contributed by atoms with Crippen molar-refractivity contribution in [1.29, 1.82) is 0 Å². The van der Waals surface area contributed by atoms with Crippen LogP contribution in [-0.4, -0.2) is 48.2 Å². The Kier molecular flexibility index (Phi) is 5.59. The van der Waals surface area contributed by atoms with Crippen LogP contribution in [0, 0.1) is 6.92 Å². The van der Waals surface area contributed by atoms with Crippen molar-refractivity contribution in [3.63, 3.8) is 0 Å². The van der Waals surface area contributed by atoms with Crippen molar-refractivity contribution in [2.24, 2.45) is 7.05 Å². The van der Waals surface area contributed by atoms with Crippen LogP contribution >= 0.6 is 11.8 Å². The molecular weight excluding hydrogens is 378 g/mol. The fourth-order valence-electron chi connectivity index (χ4n) is 3.19. The van der Waals surface area contributed by atoms with Crippen molar-refractivity contribution in [1.82, 2.24) is 9.55 Å². The summed E-state index contributed by atoms with van der Waals surface area (Å²) >= 11 is 1.64. The third kappa shape index (κ3) is 3.88. The number of rotatable bonds is 6. The highest BCUT2D eigenvalue weighted by Gasteiger charge is 2.17. The average Bonchev–Trinajstić information content (AvgIpc) is 3.12. The molecule has 0 unspecified atom stereocenters. The van der Waals surface area contributed by atoms with Gasteiger partial charge in [0.1, 0.15) is 11.3 Å². The van der Waals surface area contributed by atoms with E-state index < -0.39 is 0 Å². The fraction of sp³-hybridized carbons (Fsp3) is 0.400. The molecule has 28 heavy (non-hydrogen) atoms. The van der Waals surface area contributed by atoms with Gasteiger partial charge in [-0.25, -0.2) is 4.98 Å². The highest BCUT2D eigenvalue weighted by atomic mass is 32.2. The Morgan fingerprint density at radius 1 is 1.29 bits per heavy atom. The molecule has 0 saturated carbocycles. The second kappa shape index (κ2) is 8.28. The first kappa shape index (κ1) is 18.9. The number of imidazole rings is 1. The monoisotopic (exact) mass is 401 g/mol. The van der Waals surface area contributed by atoms with Crippen molar-refractivity contribution in [2.45, 2.75) is 12.1 Å². The van der Waals surface area contributed by atoms with Crippen LogP contribution in [0.1, 0.15) is 5.56 Å². The van der Waals surface area contributed by atoms with E-state index >= 15 is 0 Å². The summed E-state index contributed by atoms with van der Waals surface area (Å²) in [6.45, 7) is 5.17. The van der Waals surface area contributed by atoms with Crippen LogP contribution in [0.2, 0.25) is 0 Å².